The molecule has 1 unspecified atom stereocenters. The number of methoxy groups -OCH3 is 1. The van der Waals surface area contributed by atoms with E-state index < -0.39 is 5.97 Å². The standard InChI is InChI=1S/C11H14Cl2N2O2.2C2H6/c1-3-10(15-13)14-9-6-7(11(16)17-2)4-5-8(9)12;2*1-2/h4-6,10,14-15H,3H2,1-2H3;2*1-2H3. The van der Waals surface area contributed by atoms with Gasteiger partial charge in [0.25, 0.3) is 0 Å². The number of carbonyl (C=O) groups is 1. The van der Waals surface area contributed by atoms with Crippen molar-refractivity contribution in [1.29, 1.82) is 0 Å². The monoisotopic (exact) mass is 336 g/mol. The Hall–Kier alpha value is -0.970. The topological polar surface area (TPSA) is 50.4 Å². The van der Waals surface area contributed by atoms with E-state index in [0.29, 0.717) is 16.3 Å². The van der Waals surface area contributed by atoms with Crippen LogP contribution in [0, 0.1) is 0 Å². The number of nitrogens with one attached hydrogen (secondary N) is 2. The minimum Gasteiger partial charge on any atom is -0.465 e. The Morgan fingerprint density at radius 1 is 1.29 bits per heavy atom. The minimum atomic E-state index is -0.406. The number of hydrogen-bond donors (Lipinski definition) is 2. The summed E-state index contributed by atoms with van der Waals surface area (Å²) in [6.45, 7) is 9.96. The Morgan fingerprint density at radius 3 is 2.29 bits per heavy atom. The summed E-state index contributed by atoms with van der Waals surface area (Å²) in [7, 11) is 1.33. The van der Waals surface area contributed by atoms with Crippen LogP contribution >= 0.6 is 23.4 Å². The summed E-state index contributed by atoms with van der Waals surface area (Å²) in [6, 6.07) is 4.87. The maximum absolute atomic E-state index is 11.4. The first kappa shape index (κ1) is 22.3. The van der Waals surface area contributed by atoms with Crippen molar-refractivity contribution in [2.75, 3.05) is 12.4 Å². The third-order valence-electron chi connectivity index (χ3n) is 2.26. The predicted octanol–water partition coefficient (Wildman–Crippen LogP) is 5.07. The first-order valence-corrected chi connectivity index (χ1v) is 7.88. The van der Waals surface area contributed by atoms with Crippen molar-refractivity contribution in [3.05, 3.63) is 28.8 Å². The van der Waals surface area contributed by atoms with Crippen molar-refractivity contribution in [2.24, 2.45) is 0 Å². The number of halogens is 2. The van der Waals surface area contributed by atoms with E-state index in [2.05, 4.69) is 14.9 Å². The largest absolute Gasteiger partial charge is 0.465 e. The van der Waals surface area contributed by atoms with Gasteiger partial charge in [0, 0.05) is 0 Å². The molecule has 2 N–H and O–H groups in total. The second-order valence-electron chi connectivity index (χ2n) is 3.40. The fourth-order valence-electron chi connectivity index (χ4n) is 1.27. The SMILES string of the molecule is CC.CC.CCC(NCl)Nc1cc(C(=O)OC)ccc1Cl. The van der Waals surface area contributed by atoms with E-state index >= 15 is 0 Å². The normalized spacial score (nSPS) is 10.3. The third-order valence-corrected chi connectivity index (χ3v) is 2.85. The quantitative estimate of drug-likeness (QED) is 0.447. The van der Waals surface area contributed by atoms with Gasteiger partial charge in [0.2, 0.25) is 0 Å². The molecule has 0 saturated carbocycles. The van der Waals surface area contributed by atoms with E-state index in [0.717, 1.165) is 6.42 Å². The number of carbonyl (C=O) groups excluding carboxylic acids is 1. The predicted molar refractivity (Wildman–Crippen MR) is 92.2 cm³/mol. The highest BCUT2D eigenvalue weighted by Crippen LogP contribution is 2.24. The molecule has 0 saturated heterocycles. The molecule has 0 aromatic heterocycles. The molecule has 0 heterocycles. The number of benzene rings is 1. The molecule has 0 bridgehead atoms. The molecule has 1 atom stereocenters. The lowest BCUT2D eigenvalue weighted by atomic mass is 10.2. The highest BCUT2D eigenvalue weighted by Gasteiger charge is 2.11. The van der Waals surface area contributed by atoms with Crippen LogP contribution in [0.2, 0.25) is 5.02 Å². The van der Waals surface area contributed by atoms with E-state index in [1.165, 1.54) is 7.11 Å². The zero-order valence-electron chi connectivity index (χ0n) is 13.6. The van der Waals surface area contributed by atoms with E-state index in [1.807, 2.05) is 34.6 Å². The molecule has 0 fully saturated rings. The lowest BCUT2D eigenvalue weighted by molar-refractivity contribution is 0.0601. The molecule has 122 valence electrons. The Labute approximate surface area is 138 Å². The van der Waals surface area contributed by atoms with E-state index in [-0.39, 0.29) is 6.17 Å². The first-order chi connectivity index (χ1) is 10.1. The van der Waals surface area contributed by atoms with Crippen LogP contribution in [0.3, 0.4) is 0 Å². The van der Waals surface area contributed by atoms with E-state index in [1.54, 1.807) is 18.2 Å². The molecule has 1 rings (SSSR count). The molecule has 0 aliphatic rings. The molecule has 21 heavy (non-hydrogen) atoms. The van der Waals surface area contributed by atoms with Gasteiger partial charge in [-0.2, -0.15) is 0 Å². The Morgan fingerprint density at radius 2 is 1.86 bits per heavy atom. The number of ether oxygens (including phenoxy) is 1. The number of esters is 1. The highest BCUT2D eigenvalue weighted by molar-refractivity contribution is 6.33. The zero-order chi connectivity index (χ0) is 16.8. The summed E-state index contributed by atoms with van der Waals surface area (Å²) in [4.78, 5) is 13.9. The van der Waals surface area contributed by atoms with Crippen LogP contribution in [0.1, 0.15) is 51.4 Å². The summed E-state index contributed by atoms with van der Waals surface area (Å²) >= 11 is 11.6. The van der Waals surface area contributed by atoms with Crippen molar-refractivity contribution in [3.8, 4) is 0 Å². The van der Waals surface area contributed by atoms with Gasteiger partial charge in [0.15, 0.2) is 0 Å². The van der Waals surface area contributed by atoms with Crippen molar-refractivity contribution in [3.63, 3.8) is 0 Å². The molecule has 1 aromatic rings. The summed E-state index contributed by atoms with van der Waals surface area (Å²) < 4.78 is 4.64. The first-order valence-electron chi connectivity index (χ1n) is 7.13. The van der Waals surface area contributed by atoms with Crippen LogP contribution < -0.4 is 10.2 Å². The summed E-state index contributed by atoms with van der Waals surface area (Å²) in [5, 5.41) is 3.60. The van der Waals surface area contributed by atoms with Crippen molar-refractivity contribution < 1.29 is 9.53 Å². The maximum atomic E-state index is 11.4. The minimum absolute atomic E-state index is 0.123. The second kappa shape index (κ2) is 14.0. The molecule has 0 aliphatic carbocycles. The van der Waals surface area contributed by atoms with E-state index in [9.17, 15) is 4.79 Å². The van der Waals surface area contributed by atoms with Crippen molar-refractivity contribution in [2.45, 2.75) is 47.2 Å². The van der Waals surface area contributed by atoms with Crippen LogP contribution in [0.5, 0.6) is 0 Å². The van der Waals surface area contributed by atoms with Gasteiger partial charge in [0.1, 0.15) is 0 Å². The number of hydrogen-bond acceptors (Lipinski definition) is 4. The summed E-state index contributed by atoms with van der Waals surface area (Å²) in [6.07, 6.45) is 0.643. The number of rotatable bonds is 5. The fraction of sp³-hybridized carbons (Fsp3) is 0.533. The molecule has 0 radical (unpaired) electrons. The van der Waals surface area contributed by atoms with Gasteiger partial charge in [-0.3, -0.25) is 0 Å². The lowest BCUT2D eigenvalue weighted by Crippen LogP contribution is -2.29. The maximum Gasteiger partial charge on any atom is 0.337 e. The zero-order valence-corrected chi connectivity index (χ0v) is 15.1. The average molecular weight is 337 g/mol. The highest BCUT2D eigenvalue weighted by atomic mass is 35.5. The molecule has 0 amide bonds. The van der Waals surface area contributed by atoms with Crippen LogP contribution in [0.25, 0.3) is 0 Å². The van der Waals surface area contributed by atoms with Gasteiger partial charge < -0.3 is 10.1 Å². The van der Waals surface area contributed by atoms with Gasteiger partial charge in [-0.05, 0) is 36.4 Å². The summed E-state index contributed by atoms with van der Waals surface area (Å²) in [5.41, 5.74) is 1.07. The van der Waals surface area contributed by atoms with Gasteiger partial charge in [-0.1, -0.05) is 46.2 Å². The molecule has 0 aliphatic heterocycles. The molecule has 0 spiro atoms. The molecule has 1 aromatic carbocycles. The summed E-state index contributed by atoms with van der Waals surface area (Å²) in [5.74, 6) is -0.406. The Bertz CT molecular complexity index is 397. The number of anilines is 1. The average Bonchev–Trinajstić information content (AvgIpc) is 2.57. The van der Waals surface area contributed by atoms with Crippen molar-refractivity contribution in [1.82, 2.24) is 4.84 Å². The van der Waals surface area contributed by atoms with Gasteiger partial charge in [0.05, 0.1) is 29.5 Å². The third kappa shape index (κ3) is 8.15. The van der Waals surface area contributed by atoms with Crippen LogP contribution in [-0.2, 0) is 4.74 Å². The molecular weight excluding hydrogens is 311 g/mol. The fourth-order valence-corrected chi connectivity index (χ4v) is 1.66. The van der Waals surface area contributed by atoms with Crippen LogP contribution in [0.15, 0.2) is 18.2 Å². The van der Waals surface area contributed by atoms with E-state index in [4.69, 9.17) is 23.4 Å². The second-order valence-corrected chi connectivity index (χ2v) is 4.03. The smallest absolute Gasteiger partial charge is 0.337 e. The molecule has 4 nitrogen and oxygen atoms in total. The van der Waals surface area contributed by atoms with Crippen molar-refractivity contribution >= 4 is 35.0 Å². The lowest BCUT2D eigenvalue weighted by Gasteiger charge is -2.17. The van der Waals surface area contributed by atoms with Gasteiger partial charge in [-0.15, -0.1) is 0 Å². The Balaban J connectivity index is 0. The molecular formula is C15H26Cl2N2O2. The molecule has 6 heteroatoms. The Kier molecular flexibility index (Phi) is 14.9. The van der Waals surface area contributed by atoms with Crippen LogP contribution in [0.4, 0.5) is 5.69 Å². The van der Waals surface area contributed by atoms with Gasteiger partial charge in [-0.25, -0.2) is 9.63 Å². The van der Waals surface area contributed by atoms with Crippen LogP contribution in [-0.4, -0.2) is 19.2 Å². The van der Waals surface area contributed by atoms with Gasteiger partial charge >= 0.3 is 5.97 Å².